The summed E-state index contributed by atoms with van der Waals surface area (Å²) in [5, 5.41) is 3.61. The number of carbonyl (C=O) groups is 1. The van der Waals surface area contributed by atoms with Gasteiger partial charge in [-0.05, 0) is 35.0 Å². The number of hydrogen-bond acceptors (Lipinski definition) is 5. The molecular formula is C14H10BrN5O. The Morgan fingerprint density at radius 3 is 2.86 bits per heavy atom. The molecule has 0 unspecified atom stereocenters. The molecule has 0 aliphatic carbocycles. The number of aryl methyl sites for hydroxylation is 1. The average Bonchev–Trinajstić information content (AvgIpc) is 2.50. The number of nitrogens with one attached hydrogen (secondary N) is 1. The van der Waals surface area contributed by atoms with Crippen molar-refractivity contribution < 1.29 is 4.79 Å². The summed E-state index contributed by atoms with van der Waals surface area (Å²) in [7, 11) is 0. The number of pyridine rings is 2. The van der Waals surface area contributed by atoms with E-state index in [0.29, 0.717) is 22.6 Å². The van der Waals surface area contributed by atoms with Crippen molar-refractivity contribution in [3.63, 3.8) is 0 Å². The zero-order valence-corrected chi connectivity index (χ0v) is 12.6. The third-order valence-corrected chi connectivity index (χ3v) is 3.53. The molecule has 3 aromatic heterocycles. The van der Waals surface area contributed by atoms with Crippen LogP contribution in [0.25, 0.3) is 10.9 Å². The van der Waals surface area contributed by atoms with Gasteiger partial charge in [0.1, 0.15) is 12.0 Å². The fraction of sp³-hybridized carbons (Fsp3) is 0.0714. The third-order valence-electron chi connectivity index (χ3n) is 2.95. The topological polar surface area (TPSA) is 80.7 Å². The highest BCUT2D eigenvalue weighted by molar-refractivity contribution is 9.10. The number of hydrogen-bond donors (Lipinski definition) is 1. The van der Waals surface area contributed by atoms with Crippen molar-refractivity contribution >= 4 is 38.4 Å². The highest BCUT2D eigenvalue weighted by Gasteiger charge is 2.11. The number of fused-ring (bicyclic) bond motifs is 1. The maximum Gasteiger partial charge on any atom is 0.274 e. The van der Waals surface area contributed by atoms with Crippen molar-refractivity contribution in [2.75, 3.05) is 5.32 Å². The van der Waals surface area contributed by atoms with E-state index in [9.17, 15) is 4.79 Å². The molecule has 0 spiro atoms. The maximum absolute atomic E-state index is 12.3. The average molecular weight is 344 g/mol. The normalized spacial score (nSPS) is 10.6. The van der Waals surface area contributed by atoms with Crippen LogP contribution in [0.4, 0.5) is 5.69 Å². The second kappa shape index (κ2) is 5.53. The van der Waals surface area contributed by atoms with Crippen molar-refractivity contribution in [2.45, 2.75) is 6.92 Å². The van der Waals surface area contributed by atoms with Gasteiger partial charge in [-0.15, -0.1) is 0 Å². The van der Waals surface area contributed by atoms with E-state index in [1.54, 1.807) is 31.6 Å². The molecule has 1 amide bonds. The first kappa shape index (κ1) is 13.6. The minimum atomic E-state index is -0.307. The van der Waals surface area contributed by atoms with E-state index in [1.807, 2.05) is 6.07 Å². The Balaban J connectivity index is 1.95. The Morgan fingerprint density at radius 2 is 2.05 bits per heavy atom. The van der Waals surface area contributed by atoms with Crippen LogP contribution in [0, 0.1) is 6.92 Å². The molecule has 3 aromatic rings. The largest absolute Gasteiger partial charge is 0.318 e. The highest BCUT2D eigenvalue weighted by atomic mass is 79.9. The van der Waals surface area contributed by atoms with E-state index in [4.69, 9.17) is 0 Å². The van der Waals surface area contributed by atoms with E-state index in [2.05, 4.69) is 41.2 Å². The van der Waals surface area contributed by atoms with Crippen LogP contribution in [-0.2, 0) is 0 Å². The van der Waals surface area contributed by atoms with Crippen LogP contribution in [0.5, 0.6) is 0 Å². The fourth-order valence-electron chi connectivity index (χ4n) is 1.84. The standard InChI is InChI=1S/C14H10BrN5O/c1-8-12(6-17-7-18-8)20-14(21)11-3-2-9-4-16-5-10(15)13(9)19-11/h2-7H,1H3,(H,20,21). The van der Waals surface area contributed by atoms with Crippen molar-refractivity contribution in [2.24, 2.45) is 0 Å². The highest BCUT2D eigenvalue weighted by Crippen LogP contribution is 2.21. The van der Waals surface area contributed by atoms with Crippen LogP contribution >= 0.6 is 15.9 Å². The molecule has 7 heteroatoms. The van der Waals surface area contributed by atoms with Crippen LogP contribution in [-0.4, -0.2) is 25.8 Å². The van der Waals surface area contributed by atoms with Crippen molar-refractivity contribution in [3.05, 3.63) is 52.9 Å². The predicted octanol–water partition coefficient (Wildman–Crippen LogP) is 2.74. The van der Waals surface area contributed by atoms with E-state index in [1.165, 1.54) is 6.33 Å². The van der Waals surface area contributed by atoms with E-state index >= 15 is 0 Å². The first-order valence-electron chi connectivity index (χ1n) is 6.13. The summed E-state index contributed by atoms with van der Waals surface area (Å²) in [6.07, 6.45) is 6.33. The van der Waals surface area contributed by atoms with Gasteiger partial charge in [-0.3, -0.25) is 9.78 Å². The predicted molar refractivity (Wildman–Crippen MR) is 82.0 cm³/mol. The summed E-state index contributed by atoms with van der Waals surface area (Å²) in [5.41, 5.74) is 2.28. The van der Waals surface area contributed by atoms with Gasteiger partial charge in [0.05, 0.1) is 27.6 Å². The maximum atomic E-state index is 12.3. The van der Waals surface area contributed by atoms with Crippen molar-refractivity contribution in [1.29, 1.82) is 0 Å². The summed E-state index contributed by atoms with van der Waals surface area (Å²) >= 11 is 3.38. The number of carbonyl (C=O) groups excluding carboxylic acids is 1. The van der Waals surface area contributed by atoms with Gasteiger partial charge in [-0.2, -0.15) is 0 Å². The van der Waals surface area contributed by atoms with E-state index in [-0.39, 0.29) is 5.91 Å². The molecule has 0 saturated carbocycles. The van der Waals surface area contributed by atoms with Gasteiger partial charge in [-0.1, -0.05) is 0 Å². The molecule has 3 heterocycles. The van der Waals surface area contributed by atoms with Gasteiger partial charge in [0.2, 0.25) is 0 Å². The molecule has 0 aliphatic heterocycles. The van der Waals surface area contributed by atoms with Gasteiger partial charge in [-0.25, -0.2) is 15.0 Å². The quantitative estimate of drug-likeness (QED) is 0.773. The van der Waals surface area contributed by atoms with E-state index < -0.39 is 0 Å². The molecule has 0 aliphatic rings. The van der Waals surface area contributed by atoms with Gasteiger partial charge in [0.15, 0.2) is 0 Å². The second-order valence-electron chi connectivity index (χ2n) is 4.37. The lowest BCUT2D eigenvalue weighted by Crippen LogP contribution is -2.15. The SMILES string of the molecule is Cc1ncncc1NC(=O)c1ccc2cncc(Br)c2n1. The van der Waals surface area contributed by atoms with Gasteiger partial charge >= 0.3 is 0 Å². The third kappa shape index (κ3) is 2.73. The Labute approximate surface area is 128 Å². The van der Waals surface area contributed by atoms with E-state index in [0.717, 1.165) is 9.86 Å². The minimum absolute atomic E-state index is 0.307. The van der Waals surface area contributed by atoms with Crippen molar-refractivity contribution in [1.82, 2.24) is 19.9 Å². The van der Waals surface area contributed by atoms with Crippen LogP contribution in [0.2, 0.25) is 0 Å². The zero-order valence-electron chi connectivity index (χ0n) is 11.0. The van der Waals surface area contributed by atoms with Gasteiger partial charge in [0, 0.05) is 17.8 Å². The van der Waals surface area contributed by atoms with Crippen LogP contribution in [0.1, 0.15) is 16.2 Å². The lowest BCUT2D eigenvalue weighted by Gasteiger charge is -2.07. The summed E-state index contributed by atoms with van der Waals surface area (Å²) in [5.74, 6) is -0.307. The molecule has 21 heavy (non-hydrogen) atoms. The Bertz CT molecular complexity index is 836. The van der Waals surface area contributed by atoms with Crippen LogP contribution < -0.4 is 5.32 Å². The Kier molecular flexibility index (Phi) is 3.57. The monoisotopic (exact) mass is 343 g/mol. The summed E-state index contributed by atoms with van der Waals surface area (Å²) in [6.45, 7) is 1.80. The molecule has 104 valence electrons. The molecule has 0 bridgehead atoms. The first-order valence-corrected chi connectivity index (χ1v) is 6.92. The molecule has 6 nitrogen and oxygen atoms in total. The smallest absolute Gasteiger partial charge is 0.274 e. The van der Waals surface area contributed by atoms with Crippen LogP contribution in [0.3, 0.4) is 0 Å². The minimum Gasteiger partial charge on any atom is -0.318 e. The molecule has 3 rings (SSSR count). The molecule has 1 N–H and O–H groups in total. The van der Waals surface area contributed by atoms with Gasteiger partial charge < -0.3 is 5.32 Å². The molecule has 0 atom stereocenters. The molecule has 0 radical (unpaired) electrons. The molecule has 0 saturated heterocycles. The molecular weight excluding hydrogens is 334 g/mol. The van der Waals surface area contributed by atoms with Crippen molar-refractivity contribution in [3.8, 4) is 0 Å². The lowest BCUT2D eigenvalue weighted by molar-refractivity contribution is 0.102. The number of halogens is 1. The summed E-state index contributed by atoms with van der Waals surface area (Å²) in [6, 6.07) is 3.47. The molecule has 0 aromatic carbocycles. The Hall–Kier alpha value is -2.41. The molecule has 0 fully saturated rings. The zero-order chi connectivity index (χ0) is 14.8. The summed E-state index contributed by atoms with van der Waals surface area (Å²) in [4.78, 5) is 28.6. The number of nitrogens with zero attached hydrogens (tertiary/aromatic N) is 4. The number of amides is 1. The number of rotatable bonds is 2. The first-order chi connectivity index (χ1) is 10.1. The number of anilines is 1. The summed E-state index contributed by atoms with van der Waals surface area (Å²) < 4.78 is 0.744. The van der Waals surface area contributed by atoms with Gasteiger partial charge in [0.25, 0.3) is 5.91 Å². The van der Waals surface area contributed by atoms with Crippen LogP contribution in [0.15, 0.2) is 41.5 Å². The fourth-order valence-corrected chi connectivity index (χ4v) is 2.27. The Morgan fingerprint density at radius 1 is 1.19 bits per heavy atom. The lowest BCUT2D eigenvalue weighted by atomic mass is 10.2. The number of aromatic nitrogens is 4. The second-order valence-corrected chi connectivity index (χ2v) is 5.22.